The second kappa shape index (κ2) is 15.8. The van der Waals surface area contributed by atoms with Gasteiger partial charge in [0.2, 0.25) is 17.6 Å². The fourth-order valence-electron chi connectivity index (χ4n) is 11.4. The summed E-state index contributed by atoms with van der Waals surface area (Å²) in [5.74, 6) is -2.49. The topological polar surface area (TPSA) is 121 Å². The Morgan fingerprint density at radius 1 is 0.796 bits per heavy atom. The lowest BCUT2D eigenvalue weighted by molar-refractivity contribution is -0.147. The predicted octanol–water partition coefficient (Wildman–Crippen LogP) is 7.51. The van der Waals surface area contributed by atoms with E-state index in [1.807, 2.05) is 48.5 Å². The normalized spacial score (nSPS) is 28.1. The third-order valence-corrected chi connectivity index (χ3v) is 15.4. The molecule has 5 aliphatic rings. The van der Waals surface area contributed by atoms with Gasteiger partial charge in [-0.25, -0.2) is 0 Å². The Hall–Kier alpha value is -2.42. The highest BCUT2D eigenvalue weighted by molar-refractivity contribution is 6.38. The Balaban J connectivity index is 1.40. The molecule has 0 aromatic heterocycles. The van der Waals surface area contributed by atoms with Crippen LogP contribution in [0.2, 0.25) is 0 Å². The second-order valence-corrected chi connectivity index (χ2v) is 20.8. The number of carbonyl (C=O) groups excluding carboxylic acids is 6. The van der Waals surface area contributed by atoms with E-state index in [4.69, 9.17) is 0 Å². The molecule has 2 heterocycles. The third-order valence-electron chi connectivity index (χ3n) is 15.4. The van der Waals surface area contributed by atoms with E-state index >= 15 is 4.79 Å². The monoisotopic (exact) mass is 752 g/mol. The fourth-order valence-corrected chi connectivity index (χ4v) is 11.4. The van der Waals surface area contributed by atoms with Crippen molar-refractivity contribution in [2.75, 3.05) is 19.6 Å². The van der Waals surface area contributed by atoms with E-state index < -0.39 is 40.5 Å². The van der Waals surface area contributed by atoms with Gasteiger partial charge >= 0.3 is 0 Å². The van der Waals surface area contributed by atoms with Gasteiger partial charge in [0.1, 0.15) is 0 Å². The van der Waals surface area contributed by atoms with Crippen LogP contribution < -0.4 is 5.32 Å². The van der Waals surface area contributed by atoms with Gasteiger partial charge in [0.25, 0.3) is 0 Å². The number of hydrogen-bond donors (Lipinski definition) is 1. The van der Waals surface area contributed by atoms with Crippen LogP contribution in [0.5, 0.6) is 0 Å². The first-order valence-electron chi connectivity index (χ1n) is 21.6. The van der Waals surface area contributed by atoms with Crippen LogP contribution in [-0.2, 0) is 28.8 Å². The highest BCUT2D eigenvalue weighted by Gasteiger charge is 2.85. The maximum absolute atomic E-state index is 15.1. The number of hydrogen-bond acceptors (Lipinski definition) is 7. The summed E-state index contributed by atoms with van der Waals surface area (Å²) < 4.78 is 0. The molecule has 5 rings (SSSR count). The van der Waals surface area contributed by atoms with Crippen molar-refractivity contribution in [1.29, 1.82) is 0 Å². The number of rotatable bonds is 16. The Morgan fingerprint density at radius 2 is 1.46 bits per heavy atom. The minimum atomic E-state index is -0.774. The summed E-state index contributed by atoms with van der Waals surface area (Å²) in [6.07, 6.45) is 11.1. The summed E-state index contributed by atoms with van der Waals surface area (Å²) in [6, 6.07) is -1.74. The minimum Gasteiger partial charge on any atom is -0.344 e. The van der Waals surface area contributed by atoms with E-state index in [0.29, 0.717) is 25.8 Å². The largest absolute Gasteiger partial charge is 0.344 e. The van der Waals surface area contributed by atoms with Crippen molar-refractivity contribution in [3.63, 3.8) is 0 Å². The Morgan fingerprint density at radius 3 is 1.96 bits per heavy atom. The summed E-state index contributed by atoms with van der Waals surface area (Å²) in [7, 11) is 0. The van der Waals surface area contributed by atoms with Crippen LogP contribution in [0.1, 0.15) is 166 Å². The molecule has 2 saturated heterocycles. The quantitative estimate of drug-likeness (QED) is 0.162. The highest BCUT2D eigenvalue weighted by Crippen LogP contribution is 2.88. The molecular formula is C45H73N3O6. The zero-order chi connectivity index (χ0) is 40.0. The average Bonchev–Trinajstić information content (AvgIpc) is 3.27. The number of piperidine rings is 1. The number of nitrogens with one attached hydrogen (secondary N) is 1. The van der Waals surface area contributed by atoms with Crippen LogP contribution in [0, 0.1) is 44.8 Å². The van der Waals surface area contributed by atoms with Crippen LogP contribution in [0.4, 0.5) is 0 Å². The number of fused-ring (bicyclic) bond motifs is 1. The van der Waals surface area contributed by atoms with Crippen LogP contribution >= 0.6 is 0 Å². The van der Waals surface area contributed by atoms with E-state index in [1.165, 1.54) is 0 Å². The molecule has 9 heteroatoms. The molecule has 0 bridgehead atoms. The highest BCUT2D eigenvalue weighted by atomic mass is 16.2. The standard InChI is InChI=1S/C45H73N3O6/c1-11-17-30(37(52)35(50)24-29-18-15-19-29)25-34(49)33-27-45(43(9,10)44(45)21-16-22-44)28-48(33)40(54)31(41(3,4)5)26-36(51)38(42(6,7)8)46-39(53)32-20-13-14-23-47(32)12-2/h29-33,38H,11-28H2,1-10H3,(H,46,53)/t30-,31-,32+,33+,38-,45-/m1/s1. The molecule has 0 aromatic carbocycles. The van der Waals surface area contributed by atoms with Crippen molar-refractivity contribution in [3.8, 4) is 0 Å². The number of Topliss-reactive ketones (excluding diaryl/α,β-unsaturated/α-hetero) is 4. The number of amides is 2. The Bertz CT molecular complexity index is 1460. The number of carbonyl (C=O) groups is 6. The first-order chi connectivity index (χ1) is 25.2. The Labute approximate surface area is 326 Å². The third kappa shape index (κ3) is 7.79. The van der Waals surface area contributed by atoms with Gasteiger partial charge < -0.3 is 10.2 Å². The lowest BCUT2D eigenvalue weighted by Gasteiger charge is -2.39. The van der Waals surface area contributed by atoms with Gasteiger partial charge in [0, 0.05) is 43.1 Å². The number of nitrogens with zero attached hydrogens (tertiary/aromatic N) is 2. The van der Waals surface area contributed by atoms with Crippen LogP contribution in [0.3, 0.4) is 0 Å². The molecule has 1 N–H and O–H groups in total. The molecule has 3 aliphatic carbocycles. The van der Waals surface area contributed by atoms with Gasteiger partial charge in [-0.1, -0.05) is 94.9 Å². The average molecular weight is 752 g/mol. The van der Waals surface area contributed by atoms with Gasteiger partial charge in [0.15, 0.2) is 17.3 Å². The van der Waals surface area contributed by atoms with Crippen LogP contribution in [0.25, 0.3) is 0 Å². The summed E-state index contributed by atoms with van der Waals surface area (Å²) in [5, 5.41) is 3.15. The first kappa shape index (κ1) is 42.7. The molecule has 0 unspecified atom stereocenters. The van der Waals surface area contributed by atoms with Gasteiger partial charge in [-0.05, 0) is 92.0 Å². The van der Waals surface area contributed by atoms with Gasteiger partial charge in [-0.3, -0.25) is 33.7 Å². The van der Waals surface area contributed by atoms with E-state index in [9.17, 15) is 24.0 Å². The number of ketones is 4. The zero-order valence-corrected chi connectivity index (χ0v) is 35.5. The fraction of sp³-hybridized carbons (Fsp3) is 0.867. The molecule has 5 fully saturated rings. The molecule has 0 aromatic rings. The molecule has 2 amide bonds. The van der Waals surface area contributed by atoms with Crippen molar-refractivity contribution in [1.82, 2.24) is 15.1 Å². The van der Waals surface area contributed by atoms with Crippen molar-refractivity contribution in [3.05, 3.63) is 0 Å². The first-order valence-corrected chi connectivity index (χ1v) is 21.6. The van der Waals surface area contributed by atoms with Crippen molar-refractivity contribution < 1.29 is 28.8 Å². The SMILES string of the molecule is CCC[C@H](CC(=O)[C@@H]1C[C@@]2(CN1C(=O)[C@@H](CC(=O)[C@@H](NC(=O)[C@@H]1CCCCN1CC)C(C)(C)C)C(C)(C)C)C(C)(C)C21CCC1)C(=O)C(=O)CC1CCC1. The molecule has 0 radical (unpaired) electrons. The summed E-state index contributed by atoms with van der Waals surface area (Å²) in [5.41, 5.74) is -1.33. The molecule has 304 valence electrons. The molecule has 3 saturated carbocycles. The Kier molecular flexibility index (Phi) is 12.5. The predicted molar refractivity (Wildman–Crippen MR) is 211 cm³/mol. The molecule has 54 heavy (non-hydrogen) atoms. The van der Waals surface area contributed by atoms with Crippen molar-refractivity contribution in [2.24, 2.45) is 44.8 Å². The zero-order valence-electron chi connectivity index (χ0n) is 35.5. The van der Waals surface area contributed by atoms with E-state index in [1.54, 1.807) is 4.90 Å². The van der Waals surface area contributed by atoms with Crippen LogP contribution in [0.15, 0.2) is 0 Å². The summed E-state index contributed by atoms with van der Waals surface area (Å²) in [6.45, 7) is 22.5. The molecule has 2 spiro atoms. The number of likely N-dealkylation sites (tertiary alicyclic amines) is 2. The summed E-state index contributed by atoms with van der Waals surface area (Å²) in [4.78, 5) is 88.6. The lowest BCUT2D eigenvalue weighted by atomic mass is 9.73. The van der Waals surface area contributed by atoms with Crippen LogP contribution in [-0.4, -0.2) is 82.5 Å². The lowest BCUT2D eigenvalue weighted by Crippen LogP contribution is -2.57. The minimum absolute atomic E-state index is 0.0335. The van der Waals surface area contributed by atoms with E-state index in [-0.39, 0.29) is 76.6 Å². The maximum atomic E-state index is 15.1. The molecule has 2 aliphatic heterocycles. The van der Waals surface area contributed by atoms with Gasteiger partial charge in [-0.2, -0.15) is 0 Å². The molecular weight excluding hydrogens is 679 g/mol. The summed E-state index contributed by atoms with van der Waals surface area (Å²) >= 11 is 0. The van der Waals surface area contributed by atoms with E-state index in [0.717, 1.165) is 70.9 Å². The maximum Gasteiger partial charge on any atom is 0.237 e. The van der Waals surface area contributed by atoms with Gasteiger partial charge in [-0.15, -0.1) is 0 Å². The smallest absolute Gasteiger partial charge is 0.237 e. The second-order valence-electron chi connectivity index (χ2n) is 20.8. The number of likely N-dealkylation sites (N-methyl/N-ethyl adjacent to an activating group) is 1. The molecule has 9 nitrogen and oxygen atoms in total. The van der Waals surface area contributed by atoms with Gasteiger partial charge in [0.05, 0.1) is 18.1 Å². The molecule has 6 atom stereocenters. The van der Waals surface area contributed by atoms with E-state index in [2.05, 4.69) is 31.0 Å². The van der Waals surface area contributed by atoms with Crippen molar-refractivity contribution >= 4 is 34.9 Å². The van der Waals surface area contributed by atoms with Crippen molar-refractivity contribution in [2.45, 2.75) is 184 Å².